The molecular formula is C9H18N2OS. The highest BCUT2D eigenvalue weighted by Crippen LogP contribution is 2.19. The monoisotopic (exact) mass is 202 g/mol. The topological polar surface area (TPSA) is 35.5 Å². The lowest BCUT2D eigenvalue weighted by Gasteiger charge is -2.29. The Morgan fingerprint density at radius 1 is 1.54 bits per heavy atom. The van der Waals surface area contributed by atoms with E-state index in [1.54, 1.807) is 0 Å². The zero-order valence-electron chi connectivity index (χ0n) is 8.07. The summed E-state index contributed by atoms with van der Waals surface area (Å²) in [5.41, 5.74) is 0. The normalized spacial score (nSPS) is 36.5. The van der Waals surface area contributed by atoms with Crippen LogP contribution >= 0.6 is 11.8 Å². The molecule has 0 spiro atoms. The van der Waals surface area contributed by atoms with E-state index in [9.17, 15) is 5.11 Å². The predicted molar refractivity (Wildman–Crippen MR) is 56.2 cm³/mol. The molecule has 0 aliphatic carbocycles. The maximum Gasteiger partial charge on any atom is 0.0682 e. The Kier molecular flexibility index (Phi) is 3.14. The molecule has 3 nitrogen and oxygen atoms in total. The molecule has 0 saturated carbocycles. The molecule has 0 radical (unpaired) electrons. The fourth-order valence-corrected chi connectivity index (χ4v) is 2.65. The Balaban J connectivity index is 1.68. The van der Waals surface area contributed by atoms with Crippen LogP contribution in [0.25, 0.3) is 0 Å². The lowest BCUT2D eigenvalue weighted by Crippen LogP contribution is -2.46. The third-order valence-electron chi connectivity index (χ3n) is 2.95. The van der Waals surface area contributed by atoms with Crippen LogP contribution in [-0.4, -0.2) is 59.8 Å². The van der Waals surface area contributed by atoms with Crippen molar-refractivity contribution in [3.63, 3.8) is 0 Å². The summed E-state index contributed by atoms with van der Waals surface area (Å²) in [6.07, 6.45) is 0.830. The fraction of sp³-hybridized carbons (Fsp3) is 1.00. The molecule has 2 aliphatic heterocycles. The number of rotatable bonds is 3. The van der Waals surface area contributed by atoms with Crippen LogP contribution in [0.2, 0.25) is 0 Å². The number of aliphatic hydroxyl groups excluding tert-OH is 1. The molecule has 13 heavy (non-hydrogen) atoms. The van der Waals surface area contributed by atoms with Gasteiger partial charge in [-0.15, -0.1) is 0 Å². The Morgan fingerprint density at radius 3 is 2.77 bits per heavy atom. The lowest BCUT2D eigenvalue weighted by atomic mass is 10.2. The molecule has 2 heterocycles. The van der Waals surface area contributed by atoms with Crippen molar-refractivity contribution in [1.82, 2.24) is 10.2 Å². The van der Waals surface area contributed by atoms with Crippen LogP contribution < -0.4 is 5.32 Å². The largest absolute Gasteiger partial charge is 0.392 e. The van der Waals surface area contributed by atoms with E-state index in [4.69, 9.17) is 0 Å². The lowest BCUT2D eigenvalue weighted by molar-refractivity contribution is 0.182. The van der Waals surface area contributed by atoms with E-state index in [1.807, 2.05) is 11.8 Å². The Bertz CT molecular complexity index is 175. The maximum atomic E-state index is 9.43. The van der Waals surface area contributed by atoms with Crippen LogP contribution in [0.15, 0.2) is 0 Å². The van der Waals surface area contributed by atoms with Gasteiger partial charge in [-0.05, 0) is 13.5 Å². The van der Waals surface area contributed by atoms with Crippen LogP contribution in [0, 0.1) is 0 Å². The molecule has 2 aliphatic rings. The number of likely N-dealkylation sites (N-methyl/N-ethyl adjacent to an activating group) is 1. The van der Waals surface area contributed by atoms with Crippen molar-refractivity contribution in [2.45, 2.75) is 24.6 Å². The van der Waals surface area contributed by atoms with E-state index in [2.05, 4.69) is 17.3 Å². The number of likely N-dealkylation sites (tertiary alicyclic amines) is 1. The molecule has 0 aromatic heterocycles. The number of nitrogens with zero attached hydrogens (tertiary/aromatic N) is 1. The third kappa shape index (κ3) is 2.37. The van der Waals surface area contributed by atoms with E-state index >= 15 is 0 Å². The molecule has 0 unspecified atom stereocenters. The number of hydrogen-bond donors (Lipinski definition) is 2. The van der Waals surface area contributed by atoms with Crippen molar-refractivity contribution in [3.05, 3.63) is 0 Å². The molecule has 0 aromatic carbocycles. The van der Waals surface area contributed by atoms with Crippen LogP contribution in [-0.2, 0) is 0 Å². The van der Waals surface area contributed by atoms with Gasteiger partial charge >= 0.3 is 0 Å². The average Bonchev–Trinajstić information content (AvgIpc) is 2.27. The first-order valence-corrected chi connectivity index (χ1v) is 6.10. The summed E-state index contributed by atoms with van der Waals surface area (Å²) in [6.45, 7) is 1.88. The smallest absolute Gasteiger partial charge is 0.0682 e. The van der Waals surface area contributed by atoms with E-state index in [0.29, 0.717) is 6.04 Å². The van der Waals surface area contributed by atoms with Crippen molar-refractivity contribution in [1.29, 1.82) is 0 Å². The summed E-state index contributed by atoms with van der Waals surface area (Å²) in [6, 6.07) is 1.27. The fourth-order valence-electron chi connectivity index (χ4n) is 1.95. The second kappa shape index (κ2) is 4.17. The highest BCUT2D eigenvalue weighted by molar-refractivity contribution is 8.00. The van der Waals surface area contributed by atoms with Crippen molar-refractivity contribution in [3.8, 4) is 0 Å². The van der Waals surface area contributed by atoms with Crippen molar-refractivity contribution >= 4 is 11.8 Å². The minimum absolute atomic E-state index is 0.104. The average molecular weight is 202 g/mol. The molecule has 2 rings (SSSR count). The first kappa shape index (κ1) is 9.77. The molecule has 2 fully saturated rings. The van der Waals surface area contributed by atoms with E-state index < -0.39 is 0 Å². The van der Waals surface area contributed by atoms with Gasteiger partial charge in [0.05, 0.1) is 6.10 Å². The van der Waals surface area contributed by atoms with Gasteiger partial charge in [-0.2, -0.15) is 11.8 Å². The number of β-amino-alcohol motifs (C(OH)–C–C–N with tert-alkyl or cyclic N) is 1. The zero-order valence-corrected chi connectivity index (χ0v) is 8.89. The first-order valence-electron chi connectivity index (χ1n) is 4.95. The molecule has 0 amide bonds. The molecule has 2 atom stereocenters. The van der Waals surface area contributed by atoms with Crippen molar-refractivity contribution < 1.29 is 5.11 Å². The van der Waals surface area contributed by atoms with Crippen LogP contribution in [0.4, 0.5) is 0 Å². The first-order chi connectivity index (χ1) is 6.25. The highest BCUT2D eigenvalue weighted by atomic mass is 32.2. The minimum Gasteiger partial charge on any atom is -0.392 e. The van der Waals surface area contributed by atoms with Crippen LogP contribution in [0.5, 0.6) is 0 Å². The maximum absolute atomic E-state index is 9.43. The molecular weight excluding hydrogens is 184 g/mol. The highest BCUT2D eigenvalue weighted by Gasteiger charge is 2.28. The van der Waals surface area contributed by atoms with Gasteiger partial charge in [0.25, 0.3) is 0 Å². The van der Waals surface area contributed by atoms with Gasteiger partial charge in [0.1, 0.15) is 0 Å². The second-order valence-corrected chi connectivity index (χ2v) is 5.20. The SMILES string of the molecule is CN1C[C@H](O)C[C@H]1CNC1CSC1. The summed E-state index contributed by atoms with van der Waals surface area (Å²) >= 11 is 2.00. The van der Waals surface area contributed by atoms with Gasteiger partial charge in [0.15, 0.2) is 0 Å². The van der Waals surface area contributed by atoms with Crippen LogP contribution in [0.1, 0.15) is 6.42 Å². The zero-order chi connectivity index (χ0) is 9.26. The van der Waals surface area contributed by atoms with Gasteiger partial charge < -0.3 is 10.4 Å². The summed E-state index contributed by atoms with van der Waals surface area (Å²) in [5.74, 6) is 2.53. The quantitative estimate of drug-likeness (QED) is 0.662. The molecule has 76 valence electrons. The molecule has 0 bridgehead atoms. The number of thioether (sulfide) groups is 1. The second-order valence-electron chi connectivity index (χ2n) is 4.13. The van der Waals surface area contributed by atoms with Gasteiger partial charge in [-0.3, -0.25) is 4.90 Å². The Hall–Kier alpha value is 0.230. The van der Waals surface area contributed by atoms with Crippen molar-refractivity contribution in [2.24, 2.45) is 0 Å². The van der Waals surface area contributed by atoms with Crippen LogP contribution in [0.3, 0.4) is 0 Å². The number of hydrogen-bond acceptors (Lipinski definition) is 4. The van der Waals surface area contributed by atoms with E-state index in [0.717, 1.165) is 25.6 Å². The van der Waals surface area contributed by atoms with Crippen molar-refractivity contribution in [2.75, 3.05) is 31.6 Å². The van der Waals surface area contributed by atoms with E-state index in [1.165, 1.54) is 11.5 Å². The minimum atomic E-state index is -0.104. The third-order valence-corrected chi connectivity index (χ3v) is 4.22. The van der Waals surface area contributed by atoms with E-state index in [-0.39, 0.29) is 6.10 Å². The Labute approximate surface area is 83.9 Å². The standard InChI is InChI=1S/C9H18N2OS/c1-11-4-9(12)2-8(11)3-10-7-5-13-6-7/h7-10,12H,2-6H2,1H3/t8-,9+/m0/s1. The summed E-state index contributed by atoms with van der Waals surface area (Å²) < 4.78 is 0. The summed E-state index contributed by atoms with van der Waals surface area (Å²) in [7, 11) is 2.10. The van der Waals surface area contributed by atoms with Gasteiger partial charge in [0.2, 0.25) is 0 Å². The number of aliphatic hydroxyl groups is 1. The molecule has 4 heteroatoms. The Morgan fingerprint density at radius 2 is 2.31 bits per heavy atom. The molecule has 0 aromatic rings. The van der Waals surface area contributed by atoms with Gasteiger partial charge in [0, 0.05) is 36.7 Å². The van der Waals surface area contributed by atoms with Gasteiger partial charge in [-0.1, -0.05) is 0 Å². The predicted octanol–water partition coefficient (Wildman–Crippen LogP) is -0.244. The number of nitrogens with one attached hydrogen (secondary N) is 1. The molecule has 2 N–H and O–H groups in total. The van der Waals surface area contributed by atoms with Gasteiger partial charge in [-0.25, -0.2) is 0 Å². The summed E-state index contributed by atoms with van der Waals surface area (Å²) in [5, 5.41) is 13.0. The molecule has 2 saturated heterocycles. The summed E-state index contributed by atoms with van der Waals surface area (Å²) in [4.78, 5) is 2.25.